The number of urea groups is 1. The molecule has 2 aliphatic heterocycles. The van der Waals surface area contributed by atoms with E-state index in [1.54, 1.807) is 7.11 Å². The van der Waals surface area contributed by atoms with Crippen molar-refractivity contribution >= 4 is 29.0 Å². The number of nitrogens with one attached hydrogen (secondary N) is 1. The third kappa shape index (κ3) is 4.93. The Labute approximate surface area is 234 Å². The highest BCUT2D eigenvalue weighted by Crippen LogP contribution is 2.51. The first-order valence-electron chi connectivity index (χ1n) is 13.5. The quantitative estimate of drug-likeness (QED) is 0.316. The number of rotatable bonds is 7. The number of piperidine rings is 1. The van der Waals surface area contributed by atoms with Crippen molar-refractivity contribution in [3.63, 3.8) is 0 Å². The van der Waals surface area contributed by atoms with Gasteiger partial charge in [-0.3, -0.25) is 0 Å². The number of amides is 2. The van der Waals surface area contributed by atoms with Crippen LogP contribution < -0.4 is 15.0 Å². The highest BCUT2D eigenvalue weighted by molar-refractivity contribution is 8.07. The van der Waals surface area contributed by atoms with E-state index in [0.29, 0.717) is 18.3 Å². The van der Waals surface area contributed by atoms with E-state index >= 15 is 0 Å². The molecule has 8 heteroatoms. The number of likely N-dealkylation sites (tertiary alicyclic amines) is 1. The van der Waals surface area contributed by atoms with Crippen LogP contribution >= 0.6 is 11.8 Å². The SMILES string of the molecule is COc1cccc(-c2nc([C@@]3(C4CS4)CCCN(C(=O)NCc4ccc(N(C)C)cc4)C3)n3ccccc23)c1. The van der Waals surface area contributed by atoms with Crippen molar-refractivity contribution < 1.29 is 9.53 Å². The van der Waals surface area contributed by atoms with E-state index in [9.17, 15) is 4.79 Å². The second-order valence-electron chi connectivity index (χ2n) is 10.7. The molecule has 2 amide bonds. The summed E-state index contributed by atoms with van der Waals surface area (Å²) in [5.74, 6) is 2.97. The molecule has 202 valence electrons. The second kappa shape index (κ2) is 10.5. The number of carbonyl (C=O) groups is 1. The van der Waals surface area contributed by atoms with Crippen LogP contribution in [0.5, 0.6) is 5.75 Å². The third-order valence-electron chi connectivity index (χ3n) is 7.99. The molecule has 2 aliphatic rings. The van der Waals surface area contributed by atoms with Gasteiger partial charge in [-0.15, -0.1) is 0 Å². The molecule has 2 aromatic carbocycles. The van der Waals surface area contributed by atoms with E-state index in [-0.39, 0.29) is 11.4 Å². The van der Waals surface area contributed by atoms with Gasteiger partial charge in [0, 0.05) is 62.2 Å². The summed E-state index contributed by atoms with van der Waals surface area (Å²) in [5.41, 5.74) is 5.11. The maximum atomic E-state index is 13.4. The lowest BCUT2D eigenvalue weighted by molar-refractivity contribution is 0.148. The number of aromatic nitrogens is 2. The van der Waals surface area contributed by atoms with E-state index in [4.69, 9.17) is 9.72 Å². The summed E-state index contributed by atoms with van der Waals surface area (Å²) in [6, 6.07) is 22.7. The largest absolute Gasteiger partial charge is 0.497 e. The molecule has 0 spiro atoms. The van der Waals surface area contributed by atoms with Crippen LogP contribution in [0.4, 0.5) is 10.5 Å². The zero-order chi connectivity index (χ0) is 27.0. The summed E-state index contributed by atoms with van der Waals surface area (Å²) < 4.78 is 7.75. The number of ether oxygens (including phenoxy) is 1. The zero-order valence-electron chi connectivity index (χ0n) is 22.8. The number of hydrogen-bond donors (Lipinski definition) is 1. The number of anilines is 1. The average molecular weight is 542 g/mol. The molecule has 0 radical (unpaired) electrons. The van der Waals surface area contributed by atoms with Gasteiger partial charge < -0.3 is 24.3 Å². The van der Waals surface area contributed by atoms with Crippen molar-refractivity contribution in [2.24, 2.45) is 0 Å². The molecule has 2 saturated heterocycles. The van der Waals surface area contributed by atoms with Gasteiger partial charge >= 0.3 is 6.03 Å². The molecule has 2 aromatic heterocycles. The lowest BCUT2D eigenvalue weighted by Gasteiger charge is -2.42. The van der Waals surface area contributed by atoms with Gasteiger partial charge in [0.1, 0.15) is 11.6 Å². The van der Waals surface area contributed by atoms with Crippen LogP contribution in [0.15, 0.2) is 72.9 Å². The van der Waals surface area contributed by atoms with Crippen LogP contribution in [0.25, 0.3) is 16.8 Å². The minimum atomic E-state index is -0.199. The number of fused-ring (bicyclic) bond motifs is 1. The van der Waals surface area contributed by atoms with E-state index in [1.165, 1.54) is 0 Å². The Hall–Kier alpha value is -3.65. The van der Waals surface area contributed by atoms with Gasteiger partial charge in [0.25, 0.3) is 0 Å². The molecule has 2 atom stereocenters. The monoisotopic (exact) mass is 541 g/mol. The van der Waals surface area contributed by atoms with Gasteiger partial charge in [0.05, 0.1) is 23.7 Å². The Balaban J connectivity index is 1.29. The Morgan fingerprint density at radius 1 is 1.15 bits per heavy atom. The average Bonchev–Trinajstić information content (AvgIpc) is 3.77. The van der Waals surface area contributed by atoms with Crippen molar-refractivity contribution in [1.82, 2.24) is 19.6 Å². The molecule has 4 aromatic rings. The number of pyridine rings is 1. The predicted molar refractivity (Wildman–Crippen MR) is 159 cm³/mol. The van der Waals surface area contributed by atoms with E-state index < -0.39 is 0 Å². The number of thioether (sulfide) groups is 1. The summed E-state index contributed by atoms with van der Waals surface area (Å²) >= 11 is 1.98. The number of hydrogen-bond acceptors (Lipinski definition) is 5. The maximum absolute atomic E-state index is 13.4. The molecular weight excluding hydrogens is 506 g/mol. The molecule has 1 N–H and O–H groups in total. The van der Waals surface area contributed by atoms with Gasteiger partial charge in [-0.2, -0.15) is 11.8 Å². The molecular formula is C31H35N5O2S. The van der Waals surface area contributed by atoms with Gasteiger partial charge in [-0.25, -0.2) is 9.78 Å². The van der Waals surface area contributed by atoms with Crippen molar-refractivity contribution in [3.8, 4) is 17.0 Å². The molecule has 4 heterocycles. The van der Waals surface area contributed by atoms with Gasteiger partial charge in [-0.05, 0) is 54.8 Å². The Morgan fingerprint density at radius 3 is 2.72 bits per heavy atom. The van der Waals surface area contributed by atoms with Crippen LogP contribution in [0.1, 0.15) is 24.2 Å². The Morgan fingerprint density at radius 2 is 1.97 bits per heavy atom. The first kappa shape index (κ1) is 25.6. The molecule has 0 aliphatic carbocycles. The zero-order valence-corrected chi connectivity index (χ0v) is 23.6. The fourth-order valence-electron chi connectivity index (χ4n) is 5.79. The smallest absolute Gasteiger partial charge is 0.317 e. The van der Waals surface area contributed by atoms with E-state index in [2.05, 4.69) is 69.3 Å². The Kier molecular flexibility index (Phi) is 6.89. The van der Waals surface area contributed by atoms with Crippen LogP contribution in [-0.4, -0.2) is 65.6 Å². The summed E-state index contributed by atoms with van der Waals surface area (Å²) in [7, 11) is 5.75. The molecule has 39 heavy (non-hydrogen) atoms. The van der Waals surface area contributed by atoms with Crippen LogP contribution in [0.3, 0.4) is 0 Å². The summed E-state index contributed by atoms with van der Waals surface area (Å²) in [6.45, 7) is 1.94. The minimum Gasteiger partial charge on any atom is -0.497 e. The normalized spacial score (nSPS) is 20.6. The number of nitrogens with zero attached hydrogens (tertiary/aromatic N) is 4. The fraction of sp³-hybridized carbons (Fsp3) is 0.355. The highest BCUT2D eigenvalue weighted by atomic mass is 32.2. The first-order chi connectivity index (χ1) is 19.0. The van der Waals surface area contributed by atoms with Crippen LogP contribution in [-0.2, 0) is 12.0 Å². The first-order valence-corrected chi connectivity index (χ1v) is 14.6. The maximum Gasteiger partial charge on any atom is 0.317 e. The Bertz CT molecular complexity index is 1480. The lowest BCUT2D eigenvalue weighted by atomic mass is 9.76. The van der Waals surface area contributed by atoms with Gasteiger partial charge in [-0.1, -0.05) is 30.3 Å². The van der Waals surface area contributed by atoms with Gasteiger partial charge in [0.2, 0.25) is 0 Å². The molecule has 7 nitrogen and oxygen atoms in total. The fourth-order valence-corrected chi connectivity index (χ4v) is 6.82. The van der Waals surface area contributed by atoms with Crippen molar-refractivity contribution in [3.05, 3.63) is 84.3 Å². The summed E-state index contributed by atoms with van der Waals surface area (Å²) in [6.07, 6.45) is 4.09. The van der Waals surface area contributed by atoms with Crippen molar-refractivity contribution in [2.75, 3.05) is 44.9 Å². The second-order valence-corrected chi connectivity index (χ2v) is 11.9. The predicted octanol–water partition coefficient (Wildman–Crippen LogP) is 5.43. The van der Waals surface area contributed by atoms with Crippen molar-refractivity contribution in [2.45, 2.75) is 30.1 Å². The third-order valence-corrected chi connectivity index (χ3v) is 9.11. The number of carbonyl (C=O) groups excluding carboxylic acids is 1. The molecule has 0 bridgehead atoms. The highest BCUT2D eigenvalue weighted by Gasteiger charge is 2.53. The van der Waals surface area contributed by atoms with Crippen LogP contribution in [0, 0.1) is 0 Å². The number of methoxy groups -OCH3 is 1. The molecule has 6 rings (SSSR count). The minimum absolute atomic E-state index is 0.00436. The molecule has 1 unspecified atom stereocenters. The number of imidazole rings is 1. The topological polar surface area (TPSA) is 62.1 Å². The standard InChI is InChI=1S/C31H35N5O2S/c1-34(2)24-13-11-22(12-14-24)19-32-30(37)35-16-7-15-31(21-35,27-20-39-27)29-33-28(26-10-4-5-17-36(26)29)23-8-6-9-25(18-23)38-3/h4-6,8-14,17-18,27H,7,15-16,19-21H2,1-3H3,(H,32,37)/t27?,31-/m0/s1. The summed E-state index contributed by atoms with van der Waals surface area (Å²) in [4.78, 5) is 22.8. The molecule has 0 saturated carbocycles. The number of benzene rings is 2. The van der Waals surface area contributed by atoms with Crippen LogP contribution in [0.2, 0.25) is 0 Å². The van der Waals surface area contributed by atoms with Gasteiger partial charge in [0.15, 0.2) is 0 Å². The lowest BCUT2D eigenvalue weighted by Crippen LogP contribution is -2.54. The summed E-state index contributed by atoms with van der Waals surface area (Å²) in [5, 5.41) is 3.63. The van der Waals surface area contributed by atoms with E-state index in [1.807, 2.05) is 49.0 Å². The molecule has 2 fully saturated rings. The van der Waals surface area contributed by atoms with Crippen molar-refractivity contribution in [1.29, 1.82) is 0 Å². The van der Waals surface area contributed by atoms with E-state index in [0.717, 1.165) is 64.7 Å².